The number of rotatable bonds is 6. The summed E-state index contributed by atoms with van der Waals surface area (Å²) in [6.07, 6.45) is 0. The number of ether oxygens (including phenoxy) is 1. The molecule has 164 valence electrons. The molecular weight excluding hydrogens is 454 g/mol. The van der Waals surface area contributed by atoms with Crippen LogP contribution in [0.5, 0.6) is 5.75 Å². The van der Waals surface area contributed by atoms with E-state index in [-0.39, 0.29) is 33.7 Å². The lowest BCUT2D eigenvalue weighted by atomic mass is 10.2. The summed E-state index contributed by atoms with van der Waals surface area (Å²) >= 11 is 6.10. The SMILES string of the molecule is CCOC(=O)c1ccccc1S(=O)(=O)Oc1cc(Cl)ccc1-c1nc2cc(C)ccc2o1. The van der Waals surface area contributed by atoms with Gasteiger partial charge in [0.1, 0.15) is 10.4 Å². The Balaban J connectivity index is 1.78. The van der Waals surface area contributed by atoms with Crippen molar-refractivity contribution in [2.75, 3.05) is 6.61 Å². The summed E-state index contributed by atoms with van der Waals surface area (Å²) < 4.78 is 42.4. The van der Waals surface area contributed by atoms with Crippen LogP contribution in [-0.4, -0.2) is 26.0 Å². The molecule has 4 rings (SSSR count). The average molecular weight is 472 g/mol. The molecule has 32 heavy (non-hydrogen) atoms. The van der Waals surface area contributed by atoms with E-state index in [9.17, 15) is 13.2 Å². The van der Waals surface area contributed by atoms with E-state index in [1.807, 2.05) is 19.1 Å². The zero-order chi connectivity index (χ0) is 22.9. The van der Waals surface area contributed by atoms with Crippen molar-refractivity contribution in [2.24, 2.45) is 0 Å². The van der Waals surface area contributed by atoms with Crippen LogP contribution in [0.25, 0.3) is 22.6 Å². The number of aryl methyl sites for hydroxylation is 1. The molecule has 9 heteroatoms. The van der Waals surface area contributed by atoms with Gasteiger partial charge in [0.05, 0.1) is 17.7 Å². The molecule has 1 heterocycles. The summed E-state index contributed by atoms with van der Waals surface area (Å²) in [5, 5.41) is 0.254. The predicted octanol–water partition coefficient (Wildman–Crippen LogP) is 5.40. The minimum Gasteiger partial charge on any atom is -0.462 e. The van der Waals surface area contributed by atoms with Gasteiger partial charge in [0, 0.05) is 11.1 Å². The number of nitrogens with zero attached hydrogens (tertiary/aromatic N) is 1. The highest BCUT2D eigenvalue weighted by Crippen LogP contribution is 2.36. The maximum atomic E-state index is 13.1. The highest BCUT2D eigenvalue weighted by Gasteiger charge is 2.27. The summed E-state index contributed by atoms with van der Waals surface area (Å²) in [4.78, 5) is 16.4. The van der Waals surface area contributed by atoms with Crippen molar-refractivity contribution in [2.45, 2.75) is 18.7 Å². The van der Waals surface area contributed by atoms with Crippen LogP contribution < -0.4 is 4.18 Å². The van der Waals surface area contributed by atoms with Crippen LogP contribution in [0.2, 0.25) is 5.02 Å². The molecule has 0 saturated heterocycles. The molecule has 0 aliphatic rings. The predicted molar refractivity (Wildman–Crippen MR) is 119 cm³/mol. The summed E-state index contributed by atoms with van der Waals surface area (Å²) in [6, 6.07) is 15.6. The number of halogens is 1. The van der Waals surface area contributed by atoms with Gasteiger partial charge in [0.25, 0.3) is 0 Å². The zero-order valence-electron chi connectivity index (χ0n) is 17.2. The summed E-state index contributed by atoms with van der Waals surface area (Å²) in [5.41, 5.74) is 2.33. The molecule has 1 aromatic heterocycles. The molecule has 0 amide bonds. The second kappa shape index (κ2) is 8.64. The molecule has 0 radical (unpaired) electrons. The van der Waals surface area contributed by atoms with E-state index in [1.54, 1.807) is 25.1 Å². The fourth-order valence-corrected chi connectivity index (χ4v) is 4.41. The van der Waals surface area contributed by atoms with Gasteiger partial charge >= 0.3 is 16.1 Å². The molecule has 0 N–H and O–H groups in total. The molecule has 0 aliphatic heterocycles. The quantitative estimate of drug-likeness (QED) is 0.274. The molecule has 0 unspecified atom stereocenters. The highest BCUT2D eigenvalue weighted by atomic mass is 35.5. The molecule has 0 spiro atoms. The van der Waals surface area contributed by atoms with E-state index >= 15 is 0 Å². The molecule has 0 fully saturated rings. The third kappa shape index (κ3) is 4.32. The van der Waals surface area contributed by atoms with Crippen LogP contribution in [0, 0.1) is 6.92 Å². The fourth-order valence-electron chi connectivity index (χ4n) is 3.12. The standard InChI is InChI=1S/C23H18ClNO6S/c1-3-29-23(26)17-6-4-5-7-21(17)32(27,28)31-20-13-15(24)9-10-16(20)22-25-18-12-14(2)8-11-19(18)30-22/h4-13H,3H2,1-2H3. The van der Waals surface area contributed by atoms with Crippen molar-refractivity contribution in [3.05, 3.63) is 76.8 Å². The number of carbonyl (C=O) groups excluding carboxylic acids is 1. The average Bonchev–Trinajstić information content (AvgIpc) is 3.16. The van der Waals surface area contributed by atoms with Crippen molar-refractivity contribution in [3.8, 4) is 17.2 Å². The summed E-state index contributed by atoms with van der Waals surface area (Å²) in [5.74, 6) is -0.679. The van der Waals surface area contributed by atoms with Gasteiger partial charge in [-0.2, -0.15) is 8.42 Å². The third-order valence-electron chi connectivity index (χ3n) is 4.57. The van der Waals surface area contributed by atoms with Crippen molar-refractivity contribution in [3.63, 3.8) is 0 Å². The Morgan fingerprint density at radius 1 is 1.09 bits per heavy atom. The Morgan fingerprint density at radius 2 is 1.88 bits per heavy atom. The number of oxazole rings is 1. The van der Waals surface area contributed by atoms with E-state index in [2.05, 4.69) is 4.98 Å². The number of fused-ring (bicyclic) bond motifs is 1. The van der Waals surface area contributed by atoms with Gasteiger partial charge < -0.3 is 13.3 Å². The zero-order valence-corrected chi connectivity index (χ0v) is 18.7. The normalized spacial score (nSPS) is 11.5. The minimum atomic E-state index is -4.42. The number of hydrogen-bond donors (Lipinski definition) is 0. The second-order valence-electron chi connectivity index (χ2n) is 6.88. The van der Waals surface area contributed by atoms with E-state index < -0.39 is 16.1 Å². The third-order valence-corrected chi connectivity index (χ3v) is 6.10. The van der Waals surface area contributed by atoms with Gasteiger partial charge in [-0.05, 0) is 55.8 Å². The molecule has 0 bridgehead atoms. The molecular formula is C23H18ClNO6S. The van der Waals surface area contributed by atoms with Gasteiger partial charge in [-0.1, -0.05) is 29.8 Å². The Bertz CT molecular complexity index is 1430. The lowest BCUT2D eigenvalue weighted by Gasteiger charge is -2.12. The van der Waals surface area contributed by atoms with Gasteiger partial charge in [-0.15, -0.1) is 0 Å². The minimum absolute atomic E-state index is 0.0839. The first-order valence-electron chi connectivity index (χ1n) is 9.66. The molecule has 4 aromatic rings. The van der Waals surface area contributed by atoms with E-state index in [0.29, 0.717) is 16.7 Å². The van der Waals surface area contributed by atoms with Gasteiger partial charge in [0.2, 0.25) is 5.89 Å². The molecule has 0 aliphatic carbocycles. The number of esters is 1. The monoisotopic (exact) mass is 471 g/mol. The Hall–Kier alpha value is -3.36. The maximum Gasteiger partial charge on any atom is 0.340 e. The Kier molecular flexibility index (Phi) is 5.90. The largest absolute Gasteiger partial charge is 0.462 e. The molecule has 3 aromatic carbocycles. The van der Waals surface area contributed by atoms with E-state index in [4.69, 9.17) is 24.9 Å². The highest BCUT2D eigenvalue weighted by molar-refractivity contribution is 7.87. The second-order valence-corrected chi connectivity index (χ2v) is 8.84. The number of carbonyl (C=O) groups is 1. The molecule has 0 atom stereocenters. The first-order chi connectivity index (χ1) is 15.3. The number of hydrogen-bond acceptors (Lipinski definition) is 7. The van der Waals surface area contributed by atoms with Crippen molar-refractivity contribution >= 4 is 38.8 Å². The summed E-state index contributed by atoms with van der Waals surface area (Å²) in [6.45, 7) is 3.66. The fraction of sp³-hybridized carbons (Fsp3) is 0.130. The number of aromatic nitrogens is 1. The molecule has 0 saturated carbocycles. The van der Waals surface area contributed by atoms with Crippen LogP contribution in [0.1, 0.15) is 22.8 Å². The smallest absolute Gasteiger partial charge is 0.340 e. The van der Waals surface area contributed by atoms with Crippen LogP contribution in [0.4, 0.5) is 0 Å². The van der Waals surface area contributed by atoms with Crippen molar-refractivity contribution in [1.29, 1.82) is 0 Å². The first kappa shape index (κ1) is 21.9. The maximum absolute atomic E-state index is 13.1. The Morgan fingerprint density at radius 3 is 2.66 bits per heavy atom. The van der Waals surface area contributed by atoms with Crippen LogP contribution in [0.15, 0.2) is 70.0 Å². The Labute approximate surface area is 189 Å². The van der Waals surface area contributed by atoms with Crippen LogP contribution >= 0.6 is 11.6 Å². The van der Waals surface area contributed by atoms with Crippen LogP contribution in [0.3, 0.4) is 0 Å². The van der Waals surface area contributed by atoms with Gasteiger partial charge in [-0.25, -0.2) is 9.78 Å². The van der Waals surface area contributed by atoms with Gasteiger partial charge in [-0.3, -0.25) is 0 Å². The van der Waals surface area contributed by atoms with Crippen LogP contribution in [-0.2, 0) is 14.9 Å². The van der Waals surface area contributed by atoms with Gasteiger partial charge in [0.15, 0.2) is 11.3 Å². The first-order valence-corrected chi connectivity index (χ1v) is 11.4. The molecule has 7 nitrogen and oxygen atoms in total. The van der Waals surface area contributed by atoms with Crippen molar-refractivity contribution in [1.82, 2.24) is 4.98 Å². The number of benzene rings is 3. The van der Waals surface area contributed by atoms with E-state index in [0.717, 1.165) is 5.56 Å². The lowest BCUT2D eigenvalue weighted by molar-refractivity contribution is 0.0521. The summed E-state index contributed by atoms with van der Waals surface area (Å²) in [7, 11) is -4.42. The topological polar surface area (TPSA) is 95.7 Å². The lowest BCUT2D eigenvalue weighted by Crippen LogP contribution is -2.16. The van der Waals surface area contributed by atoms with Crippen molar-refractivity contribution < 1.29 is 26.5 Å². The van der Waals surface area contributed by atoms with E-state index in [1.165, 1.54) is 30.3 Å².